The van der Waals surface area contributed by atoms with Crippen LogP contribution in [-0.4, -0.2) is 31.6 Å². The molecule has 6 heteroatoms. The van der Waals surface area contributed by atoms with Gasteiger partial charge in [0.2, 0.25) is 0 Å². The Hall–Kier alpha value is -3.02. The second-order valence-electron chi connectivity index (χ2n) is 6.78. The Morgan fingerprint density at radius 3 is 2.81 bits per heavy atom. The van der Waals surface area contributed by atoms with Crippen molar-refractivity contribution in [1.29, 1.82) is 0 Å². The van der Waals surface area contributed by atoms with Gasteiger partial charge in [-0.3, -0.25) is 4.79 Å². The molecule has 0 fully saturated rings. The minimum Gasteiger partial charge on any atom is -0.493 e. The third-order valence-electron chi connectivity index (χ3n) is 4.95. The van der Waals surface area contributed by atoms with Gasteiger partial charge in [-0.2, -0.15) is 0 Å². The minimum atomic E-state index is -0.294. The number of amides is 2. The van der Waals surface area contributed by atoms with Gasteiger partial charge in [0, 0.05) is 47.3 Å². The maximum Gasteiger partial charge on any atom is 0.319 e. The van der Waals surface area contributed by atoms with Gasteiger partial charge < -0.3 is 20.1 Å². The molecule has 0 atom stereocenters. The molecule has 0 aliphatic carbocycles. The summed E-state index contributed by atoms with van der Waals surface area (Å²) in [6.45, 7) is 3.39. The van der Waals surface area contributed by atoms with Crippen molar-refractivity contribution in [2.75, 3.05) is 25.1 Å². The lowest BCUT2D eigenvalue weighted by Gasteiger charge is -2.14. The summed E-state index contributed by atoms with van der Waals surface area (Å²) in [7, 11) is 0. The fourth-order valence-electron chi connectivity index (χ4n) is 3.64. The maximum atomic E-state index is 12.2. The number of carbonyl (C=O) groups excluding carboxylic acids is 2. The molecule has 0 unspecified atom stereocenters. The molecule has 27 heavy (non-hydrogen) atoms. The van der Waals surface area contributed by atoms with E-state index in [1.54, 1.807) is 24.3 Å². The first-order chi connectivity index (χ1) is 13.1. The molecule has 4 rings (SSSR count). The highest BCUT2D eigenvalue weighted by atomic mass is 16.5. The van der Waals surface area contributed by atoms with Crippen molar-refractivity contribution < 1.29 is 19.1 Å². The van der Waals surface area contributed by atoms with Crippen LogP contribution in [0.15, 0.2) is 30.3 Å². The Bertz CT molecular complexity index is 875. The van der Waals surface area contributed by atoms with E-state index in [4.69, 9.17) is 9.47 Å². The van der Waals surface area contributed by atoms with Crippen molar-refractivity contribution in [3.63, 3.8) is 0 Å². The van der Waals surface area contributed by atoms with E-state index in [1.165, 1.54) is 18.1 Å². The van der Waals surface area contributed by atoms with Gasteiger partial charge in [-0.1, -0.05) is 12.1 Å². The van der Waals surface area contributed by atoms with Crippen molar-refractivity contribution in [3.8, 4) is 11.5 Å². The predicted molar refractivity (Wildman–Crippen MR) is 102 cm³/mol. The van der Waals surface area contributed by atoms with E-state index in [9.17, 15) is 9.59 Å². The normalized spacial score (nSPS) is 14.0. The Morgan fingerprint density at radius 2 is 1.96 bits per heavy atom. The zero-order valence-corrected chi connectivity index (χ0v) is 15.3. The third kappa shape index (κ3) is 3.60. The minimum absolute atomic E-state index is 0.0342. The van der Waals surface area contributed by atoms with E-state index in [2.05, 4.69) is 16.7 Å². The van der Waals surface area contributed by atoms with Crippen molar-refractivity contribution in [2.45, 2.75) is 26.2 Å². The molecule has 2 aromatic rings. The quantitative estimate of drug-likeness (QED) is 0.797. The van der Waals surface area contributed by atoms with Gasteiger partial charge in [-0.15, -0.1) is 0 Å². The number of benzene rings is 2. The molecule has 2 amide bonds. The average Bonchev–Trinajstić information content (AvgIpc) is 3.30. The largest absolute Gasteiger partial charge is 0.493 e. The highest BCUT2D eigenvalue weighted by molar-refractivity contribution is 5.96. The van der Waals surface area contributed by atoms with Crippen LogP contribution in [0.5, 0.6) is 11.5 Å². The summed E-state index contributed by atoms with van der Waals surface area (Å²) in [6.07, 6.45) is 2.47. The lowest BCUT2D eigenvalue weighted by atomic mass is 9.97. The summed E-state index contributed by atoms with van der Waals surface area (Å²) < 4.78 is 11.5. The first-order valence-corrected chi connectivity index (χ1v) is 9.21. The smallest absolute Gasteiger partial charge is 0.319 e. The lowest BCUT2D eigenvalue weighted by Crippen LogP contribution is -2.30. The fraction of sp³-hybridized carbons (Fsp3) is 0.333. The van der Waals surface area contributed by atoms with E-state index in [-0.39, 0.29) is 11.8 Å². The van der Waals surface area contributed by atoms with Gasteiger partial charge >= 0.3 is 6.03 Å². The highest BCUT2D eigenvalue weighted by Gasteiger charge is 2.26. The predicted octanol–water partition coefficient (Wildman–Crippen LogP) is 3.12. The summed E-state index contributed by atoms with van der Waals surface area (Å²) in [5, 5.41) is 5.65. The van der Waals surface area contributed by atoms with Crippen LogP contribution in [0.25, 0.3) is 0 Å². The molecule has 2 heterocycles. The Balaban J connectivity index is 1.39. The van der Waals surface area contributed by atoms with Gasteiger partial charge in [0.1, 0.15) is 11.5 Å². The van der Waals surface area contributed by atoms with Gasteiger partial charge in [0.05, 0.1) is 13.2 Å². The molecule has 0 bridgehead atoms. The average molecular weight is 366 g/mol. The second kappa shape index (κ2) is 7.31. The lowest BCUT2D eigenvalue weighted by molar-refractivity contribution is 0.101. The van der Waals surface area contributed by atoms with E-state index >= 15 is 0 Å². The first kappa shape index (κ1) is 17.4. The standard InChI is InChI=1S/C21H22N2O4/c1-13(24)14-3-2-4-16(11-14)23-21(25)22-8-5-18-17-7-10-26-19(17)12-15-6-9-27-20(15)18/h2-4,11-12H,5-10H2,1H3,(H2,22,23,25). The molecule has 0 spiro atoms. The van der Waals surface area contributed by atoms with Crippen molar-refractivity contribution in [1.82, 2.24) is 5.32 Å². The molecular formula is C21H22N2O4. The van der Waals surface area contributed by atoms with E-state index in [1.807, 2.05) is 0 Å². The number of urea groups is 1. The van der Waals surface area contributed by atoms with E-state index in [0.717, 1.165) is 29.9 Å². The van der Waals surface area contributed by atoms with Crippen LogP contribution < -0.4 is 20.1 Å². The molecule has 2 aliphatic heterocycles. The fourth-order valence-corrected chi connectivity index (χ4v) is 3.64. The summed E-state index contributed by atoms with van der Waals surface area (Å²) >= 11 is 0. The van der Waals surface area contributed by atoms with Crippen LogP contribution in [0.1, 0.15) is 34.0 Å². The molecule has 0 saturated carbocycles. The van der Waals surface area contributed by atoms with Gasteiger partial charge in [-0.05, 0) is 31.5 Å². The Kier molecular flexibility index (Phi) is 4.71. The Morgan fingerprint density at radius 1 is 1.11 bits per heavy atom. The highest BCUT2D eigenvalue weighted by Crippen LogP contribution is 2.40. The summed E-state index contributed by atoms with van der Waals surface area (Å²) in [5.41, 5.74) is 4.71. The molecule has 0 radical (unpaired) electrons. The summed E-state index contributed by atoms with van der Waals surface area (Å²) in [4.78, 5) is 23.6. The van der Waals surface area contributed by atoms with Crippen molar-refractivity contribution in [2.24, 2.45) is 0 Å². The van der Waals surface area contributed by atoms with Crippen LogP contribution in [0.3, 0.4) is 0 Å². The molecule has 2 N–H and O–H groups in total. The number of carbonyl (C=O) groups is 2. The number of ether oxygens (including phenoxy) is 2. The number of hydrogen-bond acceptors (Lipinski definition) is 4. The van der Waals surface area contributed by atoms with Gasteiger partial charge in [0.25, 0.3) is 0 Å². The molecule has 2 aromatic carbocycles. The van der Waals surface area contributed by atoms with Crippen LogP contribution in [-0.2, 0) is 19.3 Å². The third-order valence-corrected chi connectivity index (χ3v) is 4.95. The van der Waals surface area contributed by atoms with Crippen LogP contribution >= 0.6 is 0 Å². The number of hydrogen-bond donors (Lipinski definition) is 2. The number of ketones is 1. The van der Waals surface area contributed by atoms with Gasteiger partial charge in [0.15, 0.2) is 5.78 Å². The van der Waals surface area contributed by atoms with Crippen molar-refractivity contribution >= 4 is 17.5 Å². The zero-order chi connectivity index (χ0) is 18.8. The summed E-state index contributed by atoms with van der Waals surface area (Å²) in [6, 6.07) is 8.70. The SMILES string of the molecule is CC(=O)c1cccc(NC(=O)NCCc2c3c(cc4c2OCC4)OCC3)c1. The van der Waals surface area contributed by atoms with Crippen LogP contribution in [0, 0.1) is 0 Å². The Labute approximate surface area is 157 Å². The number of anilines is 1. The zero-order valence-electron chi connectivity index (χ0n) is 15.3. The molecule has 6 nitrogen and oxygen atoms in total. The molecular weight excluding hydrogens is 344 g/mol. The van der Waals surface area contributed by atoms with E-state index in [0.29, 0.717) is 37.4 Å². The number of nitrogens with one attached hydrogen (secondary N) is 2. The molecule has 2 aliphatic rings. The topological polar surface area (TPSA) is 76.7 Å². The maximum absolute atomic E-state index is 12.2. The number of rotatable bonds is 5. The van der Waals surface area contributed by atoms with Crippen LogP contribution in [0.2, 0.25) is 0 Å². The molecule has 0 saturated heterocycles. The molecule has 140 valence electrons. The monoisotopic (exact) mass is 366 g/mol. The number of fused-ring (bicyclic) bond motifs is 2. The van der Waals surface area contributed by atoms with E-state index < -0.39 is 0 Å². The van der Waals surface area contributed by atoms with Crippen molar-refractivity contribution in [3.05, 3.63) is 52.6 Å². The first-order valence-electron chi connectivity index (χ1n) is 9.21. The molecule has 0 aromatic heterocycles. The second-order valence-corrected chi connectivity index (χ2v) is 6.78. The van der Waals surface area contributed by atoms with Crippen LogP contribution in [0.4, 0.5) is 10.5 Å². The number of Topliss-reactive ketones (excluding diaryl/α,β-unsaturated/α-hetero) is 1. The van der Waals surface area contributed by atoms with Gasteiger partial charge in [-0.25, -0.2) is 4.79 Å². The summed E-state index contributed by atoms with van der Waals surface area (Å²) in [5.74, 6) is 1.89.